The van der Waals surface area contributed by atoms with E-state index >= 15 is 0 Å². The van der Waals surface area contributed by atoms with Gasteiger partial charge in [0.05, 0.1) is 7.11 Å². The summed E-state index contributed by atoms with van der Waals surface area (Å²) < 4.78 is 5.15. The summed E-state index contributed by atoms with van der Waals surface area (Å²) in [6.45, 7) is 0. The molecule has 2 aromatic rings. The van der Waals surface area contributed by atoms with Gasteiger partial charge in [-0.1, -0.05) is 6.07 Å². The Bertz CT molecular complexity index is 692. The van der Waals surface area contributed by atoms with Gasteiger partial charge in [-0.3, -0.25) is 0 Å². The zero-order valence-corrected chi connectivity index (χ0v) is 11.6. The van der Waals surface area contributed by atoms with E-state index in [0.29, 0.717) is 0 Å². The van der Waals surface area contributed by atoms with Crippen molar-refractivity contribution < 1.29 is 14.6 Å². The normalized spacial score (nSPS) is 16.4. The maximum Gasteiger partial charge on any atom is 0.147 e. The summed E-state index contributed by atoms with van der Waals surface area (Å²) >= 11 is 0. The van der Waals surface area contributed by atoms with Gasteiger partial charge >= 0.3 is 0 Å². The predicted molar refractivity (Wildman–Crippen MR) is 81.4 cm³/mol. The maximum atomic E-state index is 11.6. The molecule has 4 heteroatoms. The lowest BCUT2D eigenvalue weighted by Gasteiger charge is -2.31. The van der Waals surface area contributed by atoms with Gasteiger partial charge in [0.15, 0.2) is 0 Å². The number of carbonyl (C=O) groups is 1. The molecule has 4 nitrogen and oxygen atoms in total. The van der Waals surface area contributed by atoms with E-state index in [1.54, 1.807) is 25.3 Å². The lowest BCUT2D eigenvalue weighted by atomic mass is 9.96. The minimum Gasteiger partial charge on any atom is -0.508 e. The second-order valence-corrected chi connectivity index (χ2v) is 4.82. The highest BCUT2D eigenvalue weighted by Crippen LogP contribution is 2.35. The topological polar surface area (TPSA) is 49.8 Å². The molecule has 1 unspecified atom stereocenters. The van der Waals surface area contributed by atoms with Crippen LogP contribution >= 0.6 is 0 Å². The Labute approximate surface area is 122 Å². The highest BCUT2D eigenvalue weighted by molar-refractivity contribution is 5.78. The summed E-state index contributed by atoms with van der Waals surface area (Å²) in [7, 11) is 1.62. The fraction of sp³-hybridized carbons (Fsp3) is 0.118. The lowest BCUT2D eigenvalue weighted by molar-refractivity contribution is -0.109. The molecule has 0 bridgehead atoms. The monoisotopic (exact) mass is 281 g/mol. The van der Waals surface area contributed by atoms with Crippen LogP contribution in [0.3, 0.4) is 0 Å². The largest absolute Gasteiger partial charge is 0.508 e. The molecule has 0 spiro atoms. The van der Waals surface area contributed by atoms with E-state index in [0.717, 1.165) is 28.8 Å². The standard InChI is InChI=1S/C17H15NO3/c1-21-15-5-2-13(3-6-15)18-9-8-12-10-14(20)4-7-16(12)17(18)11-19/h2-11,17,20H,1H3. The third-order valence-corrected chi connectivity index (χ3v) is 3.60. The van der Waals surface area contributed by atoms with Gasteiger partial charge in [-0.15, -0.1) is 0 Å². The minimum absolute atomic E-state index is 0.195. The number of rotatable bonds is 3. The van der Waals surface area contributed by atoms with Gasteiger partial charge in [-0.05, 0) is 53.6 Å². The number of methoxy groups -OCH3 is 1. The maximum absolute atomic E-state index is 11.6. The van der Waals surface area contributed by atoms with Gasteiger partial charge in [0.1, 0.15) is 23.8 Å². The summed E-state index contributed by atoms with van der Waals surface area (Å²) in [4.78, 5) is 13.4. The smallest absolute Gasteiger partial charge is 0.147 e. The first kappa shape index (κ1) is 13.2. The van der Waals surface area contributed by atoms with Gasteiger partial charge < -0.3 is 19.5 Å². The van der Waals surface area contributed by atoms with Crippen LogP contribution in [0.15, 0.2) is 48.7 Å². The molecular formula is C17H15NO3. The third-order valence-electron chi connectivity index (χ3n) is 3.60. The van der Waals surface area contributed by atoms with Crippen LogP contribution in [-0.2, 0) is 4.79 Å². The van der Waals surface area contributed by atoms with Crippen LogP contribution in [0.5, 0.6) is 11.5 Å². The number of aldehydes is 1. The first-order valence-corrected chi connectivity index (χ1v) is 6.62. The van der Waals surface area contributed by atoms with E-state index in [4.69, 9.17) is 4.74 Å². The Kier molecular flexibility index (Phi) is 3.36. The first-order valence-electron chi connectivity index (χ1n) is 6.62. The van der Waals surface area contributed by atoms with Crippen molar-refractivity contribution in [3.05, 3.63) is 59.8 Å². The van der Waals surface area contributed by atoms with Crippen LogP contribution in [0.2, 0.25) is 0 Å². The zero-order valence-electron chi connectivity index (χ0n) is 11.6. The summed E-state index contributed by atoms with van der Waals surface area (Å²) in [5.41, 5.74) is 2.64. The Morgan fingerprint density at radius 1 is 1.19 bits per heavy atom. The van der Waals surface area contributed by atoms with E-state index in [1.807, 2.05) is 41.4 Å². The van der Waals surface area contributed by atoms with E-state index in [2.05, 4.69) is 0 Å². The van der Waals surface area contributed by atoms with Gasteiger partial charge in [-0.2, -0.15) is 0 Å². The SMILES string of the molecule is COc1ccc(N2C=Cc3cc(O)ccc3C2C=O)cc1. The second kappa shape index (κ2) is 5.32. The average Bonchev–Trinajstić information content (AvgIpc) is 2.53. The van der Waals surface area contributed by atoms with E-state index in [-0.39, 0.29) is 5.75 Å². The molecule has 0 fully saturated rings. The Hall–Kier alpha value is -2.75. The molecule has 3 rings (SSSR count). The number of hydrogen-bond acceptors (Lipinski definition) is 4. The predicted octanol–water partition coefficient (Wildman–Crippen LogP) is 3.13. The van der Waals surface area contributed by atoms with Crippen molar-refractivity contribution in [3.63, 3.8) is 0 Å². The molecule has 1 aliphatic heterocycles. The number of benzene rings is 2. The number of carbonyl (C=O) groups excluding carboxylic acids is 1. The highest BCUT2D eigenvalue weighted by Gasteiger charge is 2.24. The zero-order chi connectivity index (χ0) is 14.8. The number of ether oxygens (including phenoxy) is 1. The molecule has 21 heavy (non-hydrogen) atoms. The van der Waals surface area contributed by atoms with Crippen LogP contribution in [0, 0.1) is 0 Å². The quantitative estimate of drug-likeness (QED) is 0.878. The number of phenolic OH excluding ortho intramolecular Hbond substituents is 1. The fourth-order valence-electron chi connectivity index (χ4n) is 2.52. The van der Waals surface area contributed by atoms with Crippen molar-refractivity contribution in [2.75, 3.05) is 12.0 Å². The van der Waals surface area contributed by atoms with Crippen molar-refractivity contribution in [3.8, 4) is 11.5 Å². The summed E-state index contributed by atoms with van der Waals surface area (Å²) in [5.74, 6) is 0.966. The van der Waals surface area contributed by atoms with Crippen molar-refractivity contribution in [2.45, 2.75) is 6.04 Å². The number of hydrogen-bond donors (Lipinski definition) is 1. The highest BCUT2D eigenvalue weighted by atomic mass is 16.5. The average molecular weight is 281 g/mol. The van der Waals surface area contributed by atoms with Gasteiger partial charge in [-0.25, -0.2) is 0 Å². The lowest BCUT2D eigenvalue weighted by Crippen LogP contribution is -2.27. The van der Waals surface area contributed by atoms with Crippen molar-refractivity contribution in [1.29, 1.82) is 0 Å². The summed E-state index contributed by atoms with van der Waals surface area (Å²) in [5, 5.41) is 9.54. The molecule has 1 N–H and O–H groups in total. The third kappa shape index (κ3) is 2.36. The molecule has 106 valence electrons. The molecule has 0 aromatic heterocycles. The van der Waals surface area contributed by atoms with Crippen LogP contribution in [0.4, 0.5) is 5.69 Å². The van der Waals surface area contributed by atoms with Crippen LogP contribution in [0.25, 0.3) is 6.08 Å². The van der Waals surface area contributed by atoms with Crippen molar-refractivity contribution >= 4 is 18.0 Å². The molecule has 0 amide bonds. The summed E-state index contributed by atoms with van der Waals surface area (Å²) in [6.07, 6.45) is 4.64. The number of phenols is 1. The molecule has 1 aliphatic rings. The molecule has 0 aliphatic carbocycles. The number of aromatic hydroxyl groups is 1. The molecule has 1 atom stereocenters. The molecule has 0 saturated heterocycles. The minimum atomic E-state index is -0.404. The fourth-order valence-corrected chi connectivity index (χ4v) is 2.52. The Morgan fingerprint density at radius 3 is 2.62 bits per heavy atom. The van der Waals surface area contributed by atoms with E-state index in [9.17, 15) is 9.90 Å². The number of fused-ring (bicyclic) bond motifs is 1. The van der Waals surface area contributed by atoms with E-state index in [1.165, 1.54) is 0 Å². The van der Waals surface area contributed by atoms with Gasteiger partial charge in [0.2, 0.25) is 0 Å². The van der Waals surface area contributed by atoms with Crippen molar-refractivity contribution in [1.82, 2.24) is 0 Å². The van der Waals surface area contributed by atoms with Gasteiger partial charge in [0, 0.05) is 11.9 Å². The molecule has 2 aromatic carbocycles. The van der Waals surface area contributed by atoms with Gasteiger partial charge in [0.25, 0.3) is 0 Å². The number of nitrogens with zero attached hydrogens (tertiary/aromatic N) is 1. The Balaban J connectivity index is 2.00. The molecule has 0 radical (unpaired) electrons. The van der Waals surface area contributed by atoms with E-state index < -0.39 is 6.04 Å². The van der Waals surface area contributed by atoms with Crippen LogP contribution in [0.1, 0.15) is 17.2 Å². The van der Waals surface area contributed by atoms with Crippen LogP contribution in [-0.4, -0.2) is 18.5 Å². The molecule has 0 saturated carbocycles. The second-order valence-electron chi connectivity index (χ2n) is 4.82. The van der Waals surface area contributed by atoms with Crippen LogP contribution < -0.4 is 9.64 Å². The molecular weight excluding hydrogens is 266 g/mol. The number of anilines is 1. The Morgan fingerprint density at radius 2 is 1.95 bits per heavy atom. The summed E-state index contributed by atoms with van der Waals surface area (Å²) in [6, 6.07) is 12.2. The molecule has 1 heterocycles. The van der Waals surface area contributed by atoms with Crippen molar-refractivity contribution in [2.24, 2.45) is 0 Å². The first-order chi connectivity index (χ1) is 10.2.